The molecule has 17 heteroatoms. The molecule has 3 saturated heterocycles. The van der Waals surface area contributed by atoms with Gasteiger partial charge in [-0.2, -0.15) is 0 Å². The van der Waals surface area contributed by atoms with Crippen LogP contribution in [0.3, 0.4) is 0 Å². The monoisotopic (exact) mass is 852 g/mol. The summed E-state index contributed by atoms with van der Waals surface area (Å²) in [5, 5.41) is 6.36. The number of hydrogen-bond acceptors (Lipinski definition) is 13. The second-order valence-electron chi connectivity index (χ2n) is 15.6. The smallest absolute Gasteiger partial charge is 0.234 e. The summed E-state index contributed by atoms with van der Waals surface area (Å²) < 4.78 is 42.9. The van der Waals surface area contributed by atoms with E-state index in [-0.39, 0.29) is 34.7 Å². The van der Waals surface area contributed by atoms with Crippen LogP contribution in [0, 0.1) is 18.7 Å². The third kappa shape index (κ3) is 9.58. The van der Waals surface area contributed by atoms with E-state index in [9.17, 15) is 18.0 Å². The number of hydrogen-bond donors (Lipinski definition) is 3. The SMILES string of the molecule is CCCS(=O)(=O)Nc1cccc(-c2nc(C)sc2-c2ccnc(Nc3ccc(N4CCN(CC5CCN(c6ccc([C@@H]7CCC(=O)NC7=O)cc6)CC5)CC4)cn3)n2)c1F. The minimum absolute atomic E-state index is 0.109. The molecule has 314 valence electrons. The number of rotatable bonds is 13. The van der Waals surface area contributed by atoms with Gasteiger partial charge in [0, 0.05) is 69.7 Å². The van der Waals surface area contributed by atoms with E-state index in [2.05, 4.69) is 63.2 Å². The average Bonchev–Trinajstić information content (AvgIpc) is 3.64. The Hall–Kier alpha value is -5.52. The Labute approximate surface area is 353 Å². The van der Waals surface area contributed by atoms with Gasteiger partial charge in [-0.3, -0.25) is 24.5 Å². The number of nitrogens with zero attached hydrogens (tertiary/aromatic N) is 7. The molecule has 3 aliphatic heterocycles. The first-order valence-electron chi connectivity index (χ1n) is 20.5. The molecule has 0 bridgehead atoms. The predicted octanol–water partition coefficient (Wildman–Crippen LogP) is 6.56. The third-order valence-electron chi connectivity index (χ3n) is 11.4. The van der Waals surface area contributed by atoms with Gasteiger partial charge in [-0.15, -0.1) is 11.3 Å². The summed E-state index contributed by atoms with van der Waals surface area (Å²) in [5.74, 6) is 0.119. The molecular weight excluding hydrogens is 804 g/mol. The predicted molar refractivity (Wildman–Crippen MR) is 234 cm³/mol. The van der Waals surface area contributed by atoms with Gasteiger partial charge >= 0.3 is 0 Å². The van der Waals surface area contributed by atoms with E-state index in [0.717, 1.165) is 69.9 Å². The maximum Gasteiger partial charge on any atom is 0.234 e. The van der Waals surface area contributed by atoms with E-state index in [0.29, 0.717) is 58.2 Å². The van der Waals surface area contributed by atoms with Gasteiger partial charge in [-0.1, -0.05) is 25.1 Å². The Balaban J connectivity index is 0.824. The molecule has 0 spiro atoms. The van der Waals surface area contributed by atoms with E-state index < -0.39 is 15.8 Å². The summed E-state index contributed by atoms with van der Waals surface area (Å²) in [6, 6.07) is 18.6. The summed E-state index contributed by atoms with van der Waals surface area (Å²) in [6.07, 6.45) is 7.13. The summed E-state index contributed by atoms with van der Waals surface area (Å²) in [5.41, 5.74) is 4.17. The highest BCUT2D eigenvalue weighted by atomic mass is 32.2. The third-order valence-corrected chi connectivity index (χ3v) is 13.8. The van der Waals surface area contributed by atoms with Gasteiger partial charge in [0.05, 0.1) is 50.5 Å². The quantitative estimate of drug-likeness (QED) is 0.109. The highest BCUT2D eigenvalue weighted by Gasteiger charge is 2.29. The fraction of sp³-hybridized carbons (Fsp3) is 0.395. The van der Waals surface area contributed by atoms with Crippen LogP contribution in [0.25, 0.3) is 21.8 Å². The Morgan fingerprint density at radius 3 is 2.35 bits per heavy atom. The van der Waals surface area contributed by atoms with Crippen LogP contribution in [0.5, 0.6) is 0 Å². The summed E-state index contributed by atoms with van der Waals surface area (Å²) in [7, 11) is -3.69. The van der Waals surface area contributed by atoms with Gasteiger partial charge in [0.25, 0.3) is 0 Å². The van der Waals surface area contributed by atoms with Crippen LogP contribution in [0.1, 0.15) is 55.5 Å². The highest BCUT2D eigenvalue weighted by molar-refractivity contribution is 7.92. The number of pyridine rings is 1. The van der Waals surface area contributed by atoms with Crippen LogP contribution in [0.15, 0.2) is 73.1 Å². The molecule has 14 nitrogen and oxygen atoms in total. The van der Waals surface area contributed by atoms with E-state index in [4.69, 9.17) is 4.98 Å². The maximum atomic E-state index is 15.8. The highest BCUT2D eigenvalue weighted by Crippen LogP contribution is 2.39. The Morgan fingerprint density at radius 1 is 0.883 bits per heavy atom. The molecule has 2 aromatic carbocycles. The molecule has 1 atom stereocenters. The van der Waals surface area contributed by atoms with Crippen LogP contribution < -0.4 is 25.2 Å². The number of nitrogens with one attached hydrogen (secondary N) is 3. The van der Waals surface area contributed by atoms with Gasteiger partial charge in [0.2, 0.25) is 27.8 Å². The first kappa shape index (κ1) is 41.2. The number of piperazine rings is 1. The summed E-state index contributed by atoms with van der Waals surface area (Å²) in [6.45, 7) is 10.5. The summed E-state index contributed by atoms with van der Waals surface area (Å²) in [4.78, 5) is 50.2. The minimum Gasteiger partial charge on any atom is -0.372 e. The second-order valence-corrected chi connectivity index (χ2v) is 18.6. The molecule has 2 amide bonds. The number of amides is 2. The van der Waals surface area contributed by atoms with E-state index in [1.807, 2.05) is 31.3 Å². The number of aryl methyl sites for hydroxylation is 1. The van der Waals surface area contributed by atoms with Crippen LogP contribution in [0.2, 0.25) is 0 Å². The van der Waals surface area contributed by atoms with Crippen molar-refractivity contribution in [2.75, 3.05) is 71.4 Å². The number of thiazole rings is 1. The molecule has 0 unspecified atom stereocenters. The van der Waals surface area contributed by atoms with Crippen molar-refractivity contribution >= 4 is 62.0 Å². The maximum absolute atomic E-state index is 15.8. The van der Waals surface area contributed by atoms with Crippen molar-refractivity contribution < 1.29 is 22.4 Å². The normalized spacial score (nSPS) is 18.1. The number of benzene rings is 2. The topological polar surface area (TPSA) is 166 Å². The largest absolute Gasteiger partial charge is 0.372 e. The molecular formula is C43H49FN10O4S2. The van der Waals surface area contributed by atoms with E-state index in [1.54, 1.807) is 31.3 Å². The Kier molecular flexibility index (Phi) is 12.4. The van der Waals surface area contributed by atoms with Crippen LogP contribution in [0.4, 0.5) is 33.2 Å². The molecule has 3 fully saturated rings. The second kappa shape index (κ2) is 18.0. The molecule has 6 heterocycles. The van der Waals surface area contributed by atoms with Gasteiger partial charge in [0.1, 0.15) is 5.82 Å². The lowest BCUT2D eigenvalue weighted by atomic mass is 9.90. The first-order chi connectivity index (χ1) is 29.0. The number of halogens is 1. The van der Waals surface area contributed by atoms with Crippen LogP contribution >= 0.6 is 11.3 Å². The number of anilines is 5. The molecule has 60 heavy (non-hydrogen) atoms. The molecule has 0 aliphatic carbocycles. The molecule has 3 aromatic heterocycles. The van der Waals surface area contributed by atoms with Crippen molar-refractivity contribution in [2.24, 2.45) is 5.92 Å². The van der Waals surface area contributed by atoms with Gasteiger partial charge in [-0.25, -0.2) is 32.7 Å². The molecule has 3 N–H and O–H groups in total. The molecule has 0 radical (unpaired) electrons. The van der Waals surface area contributed by atoms with Crippen molar-refractivity contribution in [2.45, 2.75) is 51.9 Å². The zero-order valence-corrected chi connectivity index (χ0v) is 35.4. The average molecular weight is 853 g/mol. The number of piperidine rings is 2. The van der Waals surface area contributed by atoms with Crippen molar-refractivity contribution in [3.05, 3.63) is 89.4 Å². The minimum atomic E-state index is -3.69. The molecule has 5 aromatic rings. The standard InChI is InChI=1S/C43H49FN10O4S2/c1-3-25-60(57,58)51-35-6-4-5-34(39(35)44)40-41(59-28(2)47-40)36-15-18-45-43(48-36)49-37-13-11-32(26-46-37)54-23-21-52(22-24-54)27-29-16-19-53(20-17-29)31-9-7-30(8-10-31)33-12-14-38(55)50-42(33)56/h4-11,13,15,18,26,29,33,51H,3,12,14,16-17,19-25,27H2,1-2H3,(H,50,55,56)(H,45,46,48,49)/t33-/m0/s1. The number of imide groups is 1. The van der Waals surface area contributed by atoms with Crippen molar-refractivity contribution in [3.63, 3.8) is 0 Å². The summed E-state index contributed by atoms with van der Waals surface area (Å²) >= 11 is 1.37. The number of sulfonamides is 1. The van der Waals surface area contributed by atoms with Crippen molar-refractivity contribution in [1.29, 1.82) is 0 Å². The van der Waals surface area contributed by atoms with E-state index in [1.165, 1.54) is 23.1 Å². The first-order valence-corrected chi connectivity index (χ1v) is 23.0. The number of carbonyl (C=O) groups is 2. The lowest BCUT2D eigenvalue weighted by molar-refractivity contribution is -0.134. The molecule has 0 saturated carbocycles. The van der Waals surface area contributed by atoms with Gasteiger partial charge < -0.3 is 15.1 Å². The molecule has 8 rings (SSSR count). The van der Waals surface area contributed by atoms with Gasteiger partial charge in [-0.05, 0) is 86.6 Å². The van der Waals surface area contributed by atoms with Crippen LogP contribution in [-0.2, 0) is 19.6 Å². The van der Waals surface area contributed by atoms with Gasteiger partial charge in [0.15, 0.2) is 5.82 Å². The fourth-order valence-corrected chi connectivity index (χ4v) is 10.3. The Bertz CT molecular complexity index is 2430. The zero-order valence-electron chi connectivity index (χ0n) is 33.7. The van der Waals surface area contributed by atoms with E-state index >= 15 is 4.39 Å². The van der Waals surface area contributed by atoms with Crippen molar-refractivity contribution in [3.8, 4) is 21.8 Å². The fourth-order valence-electron chi connectivity index (χ4n) is 8.23. The molecule has 3 aliphatic rings. The van der Waals surface area contributed by atoms with Crippen LogP contribution in [-0.4, -0.2) is 96.6 Å². The number of aromatic nitrogens is 4. The lowest BCUT2D eigenvalue weighted by Crippen LogP contribution is -2.49. The zero-order chi connectivity index (χ0) is 41.8. The Morgan fingerprint density at radius 2 is 1.63 bits per heavy atom. The van der Waals surface area contributed by atoms with Crippen molar-refractivity contribution in [1.82, 2.24) is 30.2 Å². The lowest BCUT2D eigenvalue weighted by Gasteiger charge is -2.40. The number of carbonyl (C=O) groups excluding carboxylic acids is 2.